The smallest absolute Gasteiger partial charge is 0.247 e. The summed E-state index contributed by atoms with van der Waals surface area (Å²) in [5, 5.41) is 16.9. The number of rotatable bonds is 6. The number of hydrogen-bond acceptors (Lipinski definition) is 6. The SMILES string of the molecule is Cl.N#C[C@@]1(C2CC2)CCN(c2ccnc(Nc3ccn(CC(N)=O)n3)c2)C1=O. The number of carbonyl (C=O) groups is 2. The van der Waals surface area contributed by atoms with Gasteiger partial charge in [0.15, 0.2) is 5.82 Å². The molecule has 1 aliphatic carbocycles. The third-order valence-corrected chi connectivity index (χ3v) is 5.10. The van der Waals surface area contributed by atoms with Crippen molar-refractivity contribution in [3.8, 4) is 6.07 Å². The third kappa shape index (κ3) is 3.51. The van der Waals surface area contributed by atoms with E-state index in [1.54, 1.807) is 35.5 Å². The minimum absolute atomic E-state index is 0. The predicted octanol–water partition coefficient (Wildman–Crippen LogP) is 1.59. The van der Waals surface area contributed by atoms with E-state index in [0.29, 0.717) is 30.3 Å². The lowest BCUT2D eigenvalue weighted by molar-refractivity contribution is -0.124. The fourth-order valence-electron chi connectivity index (χ4n) is 3.60. The topological polar surface area (TPSA) is 130 Å². The molecule has 4 rings (SSSR count). The summed E-state index contributed by atoms with van der Waals surface area (Å²) in [6, 6.07) is 7.50. The van der Waals surface area contributed by atoms with Gasteiger partial charge in [-0.3, -0.25) is 14.3 Å². The molecule has 0 spiro atoms. The summed E-state index contributed by atoms with van der Waals surface area (Å²) in [6.45, 7) is 0.522. The first-order chi connectivity index (χ1) is 13.0. The van der Waals surface area contributed by atoms with Gasteiger partial charge in [-0.05, 0) is 31.2 Å². The number of pyridine rings is 1. The van der Waals surface area contributed by atoms with Crippen LogP contribution in [-0.4, -0.2) is 33.1 Å². The minimum atomic E-state index is -0.871. The van der Waals surface area contributed by atoms with Gasteiger partial charge in [-0.2, -0.15) is 10.4 Å². The largest absolute Gasteiger partial charge is 0.368 e. The van der Waals surface area contributed by atoms with Crippen molar-refractivity contribution >= 4 is 41.5 Å². The Balaban J connectivity index is 0.00000225. The Kier molecular flexibility index (Phi) is 5.25. The van der Waals surface area contributed by atoms with Crippen LogP contribution in [0.5, 0.6) is 0 Å². The maximum Gasteiger partial charge on any atom is 0.247 e. The summed E-state index contributed by atoms with van der Waals surface area (Å²) in [5.41, 5.74) is 4.99. The number of aromatic nitrogens is 3. The molecule has 9 nitrogen and oxygen atoms in total. The highest BCUT2D eigenvalue weighted by Gasteiger charge is 2.56. The van der Waals surface area contributed by atoms with Crippen LogP contribution < -0.4 is 16.0 Å². The zero-order chi connectivity index (χ0) is 19.0. The lowest BCUT2D eigenvalue weighted by Crippen LogP contribution is -2.35. The van der Waals surface area contributed by atoms with E-state index in [0.717, 1.165) is 12.8 Å². The van der Waals surface area contributed by atoms with E-state index in [1.807, 2.05) is 0 Å². The third-order valence-electron chi connectivity index (χ3n) is 5.10. The lowest BCUT2D eigenvalue weighted by atomic mass is 9.83. The molecule has 1 saturated heterocycles. The van der Waals surface area contributed by atoms with Gasteiger partial charge in [-0.25, -0.2) is 4.98 Å². The van der Waals surface area contributed by atoms with E-state index in [9.17, 15) is 14.9 Å². The van der Waals surface area contributed by atoms with Crippen molar-refractivity contribution in [2.24, 2.45) is 17.1 Å². The number of hydrogen-bond donors (Lipinski definition) is 2. The summed E-state index contributed by atoms with van der Waals surface area (Å²) in [7, 11) is 0. The van der Waals surface area contributed by atoms with Crippen LogP contribution >= 0.6 is 12.4 Å². The normalized spacial score (nSPS) is 21.1. The van der Waals surface area contributed by atoms with Crippen molar-refractivity contribution in [1.29, 1.82) is 5.26 Å². The maximum atomic E-state index is 12.9. The first-order valence-corrected chi connectivity index (χ1v) is 8.80. The van der Waals surface area contributed by atoms with Crippen molar-refractivity contribution in [3.05, 3.63) is 30.6 Å². The Bertz CT molecular complexity index is 949. The number of primary amides is 1. The number of halogens is 1. The molecule has 3 heterocycles. The Labute approximate surface area is 167 Å². The van der Waals surface area contributed by atoms with Gasteiger partial charge in [0, 0.05) is 36.8 Å². The summed E-state index contributed by atoms with van der Waals surface area (Å²) in [6.07, 6.45) is 5.71. The van der Waals surface area contributed by atoms with Gasteiger partial charge in [-0.15, -0.1) is 12.4 Å². The quantitative estimate of drug-likeness (QED) is 0.755. The summed E-state index contributed by atoms with van der Waals surface area (Å²) >= 11 is 0. The van der Waals surface area contributed by atoms with Gasteiger partial charge in [0.25, 0.3) is 0 Å². The highest BCUT2D eigenvalue weighted by atomic mass is 35.5. The zero-order valence-corrected chi connectivity index (χ0v) is 15.9. The average molecular weight is 402 g/mol. The van der Waals surface area contributed by atoms with E-state index in [-0.39, 0.29) is 30.8 Å². The number of amides is 2. The Morgan fingerprint density at radius 1 is 1.39 bits per heavy atom. The van der Waals surface area contributed by atoms with Crippen LogP contribution in [0.3, 0.4) is 0 Å². The van der Waals surface area contributed by atoms with E-state index in [1.165, 1.54) is 4.68 Å². The number of nitrogens with one attached hydrogen (secondary N) is 1. The van der Waals surface area contributed by atoms with Crippen LogP contribution in [0.1, 0.15) is 19.3 Å². The van der Waals surface area contributed by atoms with Crippen LogP contribution in [0.15, 0.2) is 30.6 Å². The average Bonchev–Trinajstić information content (AvgIpc) is 3.32. The van der Waals surface area contributed by atoms with E-state index in [2.05, 4.69) is 21.5 Å². The maximum absolute atomic E-state index is 12.9. The monoisotopic (exact) mass is 401 g/mol. The molecule has 1 aliphatic heterocycles. The molecule has 28 heavy (non-hydrogen) atoms. The molecule has 2 aliphatic rings. The highest BCUT2D eigenvalue weighted by molar-refractivity contribution is 6.02. The van der Waals surface area contributed by atoms with Gasteiger partial charge >= 0.3 is 0 Å². The van der Waals surface area contributed by atoms with Crippen molar-refractivity contribution in [3.63, 3.8) is 0 Å². The number of nitrogens with zero attached hydrogens (tertiary/aromatic N) is 5. The molecule has 3 N–H and O–H groups in total. The molecule has 2 aromatic heterocycles. The molecule has 0 unspecified atom stereocenters. The zero-order valence-electron chi connectivity index (χ0n) is 15.0. The number of carbonyl (C=O) groups excluding carboxylic acids is 2. The van der Waals surface area contributed by atoms with Crippen LogP contribution in [-0.2, 0) is 16.1 Å². The van der Waals surface area contributed by atoms with Gasteiger partial charge < -0.3 is 16.0 Å². The molecule has 1 saturated carbocycles. The molecule has 0 bridgehead atoms. The second kappa shape index (κ2) is 7.48. The number of nitriles is 1. The number of nitrogens with two attached hydrogens (primary N) is 1. The molecule has 10 heteroatoms. The molecule has 2 amide bonds. The molecule has 0 radical (unpaired) electrons. The van der Waals surface area contributed by atoms with Crippen LogP contribution in [0.4, 0.5) is 17.3 Å². The van der Waals surface area contributed by atoms with E-state index < -0.39 is 11.3 Å². The van der Waals surface area contributed by atoms with Crippen molar-refractivity contribution in [1.82, 2.24) is 14.8 Å². The highest BCUT2D eigenvalue weighted by Crippen LogP contribution is 2.51. The van der Waals surface area contributed by atoms with E-state index >= 15 is 0 Å². The van der Waals surface area contributed by atoms with Gasteiger partial charge in [0.2, 0.25) is 11.8 Å². The molecule has 2 aromatic rings. The standard InChI is InChI=1S/C18H19N7O2.ClH/c19-11-18(12-1-2-12)5-8-25(17(18)27)13-3-6-21-16(9-13)22-15-4-7-24(23-15)10-14(20)26;/h3-4,6-7,9,12H,1-2,5,8,10H2,(H2,20,26)(H,21,22,23);1H/t18-;/m1./s1. The van der Waals surface area contributed by atoms with Gasteiger partial charge in [0.1, 0.15) is 17.8 Å². The summed E-state index contributed by atoms with van der Waals surface area (Å²) in [5.74, 6) is 0.626. The van der Waals surface area contributed by atoms with Crippen molar-refractivity contribution in [2.75, 3.05) is 16.8 Å². The Hall–Kier alpha value is -3.12. The van der Waals surface area contributed by atoms with Gasteiger partial charge in [-0.1, -0.05) is 0 Å². The van der Waals surface area contributed by atoms with Crippen LogP contribution in [0.2, 0.25) is 0 Å². The molecular formula is C18H20ClN7O2. The second-order valence-electron chi connectivity index (χ2n) is 6.95. The van der Waals surface area contributed by atoms with Crippen molar-refractivity contribution < 1.29 is 9.59 Å². The molecule has 146 valence electrons. The Morgan fingerprint density at radius 2 is 2.18 bits per heavy atom. The van der Waals surface area contributed by atoms with Crippen molar-refractivity contribution in [2.45, 2.75) is 25.8 Å². The second-order valence-corrected chi connectivity index (χ2v) is 6.95. The summed E-state index contributed by atoms with van der Waals surface area (Å²) in [4.78, 5) is 29.8. The minimum Gasteiger partial charge on any atom is -0.368 e. The molecular weight excluding hydrogens is 382 g/mol. The van der Waals surface area contributed by atoms with Crippen LogP contribution in [0, 0.1) is 22.7 Å². The van der Waals surface area contributed by atoms with E-state index in [4.69, 9.17) is 5.73 Å². The molecule has 1 atom stereocenters. The fraction of sp³-hybridized carbons (Fsp3) is 0.389. The fourth-order valence-corrected chi connectivity index (χ4v) is 3.60. The number of anilines is 3. The Morgan fingerprint density at radius 3 is 2.86 bits per heavy atom. The predicted molar refractivity (Wildman–Crippen MR) is 104 cm³/mol. The molecule has 0 aromatic carbocycles. The summed E-state index contributed by atoms with van der Waals surface area (Å²) < 4.78 is 1.43. The lowest BCUT2D eigenvalue weighted by Gasteiger charge is -2.21. The first-order valence-electron chi connectivity index (χ1n) is 8.80. The van der Waals surface area contributed by atoms with Gasteiger partial charge in [0.05, 0.1) is 6.07 Å². The molecule has 2 fully saturated rings. The van der Waals surface area contributed by atoms with Crippen LogP contribution in [0.25, 0.3) is 0 Å². The first kappa shape index (κ1) is 19.6.